The van der Waals surface area contributed by atoms with Gasteiger partial charge in [-0.25, -0.2) is 4.98 Å². The monoisotopic (exact) mass is 316 g/mol. The molecule has 1 amide bonds. The van der Waals surface area contributed by atoms with Crippen LogP contribution in [0.5, 0.6) is 0 Å². The van der Waals surface area contributed by atoms with E-state index in [0.717, 1.165) is 17.1 Å². The maximum atomic E-state index is 11.6. The van der Waals surface area contributed by atoms with Crippen LogP contribution in [0.2, 0.25) is 0 Å². The molecule has 0 aliphatic heterocycles. The average Bonchev–Trinajstić information content (AvgIpc) is 2.80. The second kappa shape index (κ2) is 8.97. The van der Waals surface area contributed by atoms with Gasteiger partial charge in [0.1, 0.15) is 0 Å². The molecule has 0 aromatic carbocycles. The molecule has 0 aliphatic rings. The molecule has 1 unspecified atom stereocenters. The van der Waals surface area contributed by atoms with Crippen molar-refractivity contribution in [3.63, 3.8) is 0 Å². The fourth-order valence-corrected chi connectivity index (χ4v) is 3.14. The van der Waals surface area contributed by atoms with Gasteiger partial charge in [0.2, 0.25) is 5.91 Å². The molecule has 1 rings (SSSR count). The Bertz CT molecular complexity index is 449. The van der Waals surface area contributed by atoms with E-state index in [1.807, 2.05) is 19.2 Å². The standard InChI is InChI=1S/C13H20N2O3S2/c1-3-4-10(13(17)18)5-14-12(16)8-19-6-11-7-20-9(2)15-11/h7,10H,3-6,8H2,1-2H3,(H,14,16)(H,17,18). The first-order chi connectivity index (χ1) is 9.52. The Labute approximate surface area is 127 Å². The highest BCUT2D eigenvalue weighted by Gasteiger charge is 2.17. The summed E-state index contributed by atoms with van der Waals surface area (Å²) in [5, 5.41) is 14.7. The van der Waals surface area contributed by atoms with Gasteiger partial charge in [-0.3, -0.25) is 9.59 Å². The summed E-state index contributed by atoms with van der Waals surface area (Å²) in [5.41, 5.74) is 0.986. The molecule has 5 nitrogen and oxygen atoms in total. The minimum atomic E-state index is -0.849. The Morgan fingerprint density at radius 1 is 1.55 bits per heavy atom. The minimum absolute atomic E-state index is 0.121. The molecule has 1 atom stereocenters. The quantitative estimate of drug-likeness (QED) is 0.731. The fourth-order valence-electron chi connectivity index (χ4n) is 1.67. The van der Waals surface area contributed by atoms with Crippen molar-refractivity contribution < 1.29 is 14.7 Å². The summed E-state index contributed by atoms with van der Waals surface area (Å²) in [5.74, 6) is -0.429. The lowest BCUT2D eigenvalue weighted by Gasteiger charge is -2.12. The normalized spacial score (nSPS) is 12.1. The molecule has 0 spiro atoms. The second-order valence-electron chi connectivity index (χ2n) is 4.48. The van der Waals surface area contributed by atoms with Crippen molar-refractivity contribution in [1.29, 1.82) is 0 Å². The van der Waals surface area contributed by atoms with E-state index in [2.05, 4.69) is 10.3 Å². The number of thiazole rings is 1. The zero-order valence-corrected chi connectivity index (χ0v) is 13.4. The van der Waals surface area contributed by atoms with Gasteiger partial charge >= 0.3 is 5.97 Å². The third kappa shape index (κ3) is 6.38. The molecular weight excluding hydrogens is 296 g/mol. The third-order valence-corrected chi connectivity index (χ3v) is 4.47. The number of nitrogens with zero attached hydrogens (tertiary/aromatic N) is 1. The third-order valence-electron chi connectivity index (χ3n) is 2.68. The van der Waals surface area contributed by atoms with Gasteiger partial charge in [0.25, 0.3) is 0 Å². The molecule has 1 aromatic heterocycles. The number of hydrogen-bond acceptors (Lipinski definition) is 5. The summed E-state index contributed by atoms with van der Waals surface area (Å²) in [6.45, 7) is 4.09. The van der Waals surface area contributed by atoms with E-state index in [1.54, 1.807) is 11.3 Å². The molecule has 0 bridgehead atoms. The molecule has 2 N–H and O–H groups in total. The number of aliphatic carboxylic acids is 1. The Hall–Kier alpha value is -1.08. The molecule has 0 aliphatic carbocycles. The second-order valence-corrected chi connectivity index (χ2v) is 6.53. The Morgan fingerprint density at radius 3 is 2.85 bits per heavy atom. The molecule has 0 saturated carbocycles. The number of carboxylic acids is 1. The summed E-state index contributed by atoms with van der Waals surface area (Å²) < 4.78 is 0. The van der Waals surface area contributed by atoms with Crippen molar-refractivity contribution in [2.45, 2.75) is 32.4 Å². The molecule has 1 heterocycles. The van der Waals surface area contributed by atoms with Crippen LogP contribution >= 0.6 is 23.1 Å². The number of rotatable bonds is 9. The van der Waals surface area contributed by atoms with Gasteiger partial charge in [0.15, 0.2) is 0 Å². The van der Waals surface area contributed by atoms with Crippen LogP contribution in [0.25, 0.3) is 0 Å². The summed E-state index contributed by atoms with van der Waals surface area (Å²) in [4.78, 5) is 26.9. The summed E-state index contributed by atoms with van der Waals surface area (Å²) in [7, 11) is 0. The molecule has 0 fully saturated rings. The maximum absolute atomic E-state index is 11.6. The van der Waals surface area contributed by atoms with Crippen LogP contribution < -0.4 is 5.32 Å². The van der Waals surface area contributed by atoms with Crippen LogP contribution in [0.1, 0.15) is 30.5 Å². The van der Waals surface area contributed by atoms with Crippen LogP contribution in [-0.4, -0.2) is 34.3 Å². The van der Waals surface area contributed by atoms with Gasteiger partial charge < -0.3 is 10.4 Å². The van der Waals surface area contributed by atoms with E-state index in [0.29, 0.717) is 17.9 Å². The Morgan fingerprint density at radius 2 is 2.30 bits per heavy atom. The fraction of sp³-hybridized carbons (Fsp3) is 0.615. The van der Waals surface area contributed by atoms with Crippen LogP contribution in [0, 0.1) is 12.8 Å². The predicted octanol–water partition coefficient (Wildman–Crippen LogP) is 2.30. The average molecular weight is 316 g/mol. The summed E-state index contributed by atoms with van der Waals surface area (Å²) in [6, 6.07) is 0. The van der Waals surface area contributed by atoms with Gasteiger partial charge in [0.05, 0.1) is 22.4 Å². The first-order valence-corrected chi connectivity index (χ1v) is 8.54. The van der Waals surface area contributed by atoms with E-state index in [9.17, 15) is 9.59 Å². The van der Waals surface area contributed by atoms with E-state index in [1.165, 1.54) is 11.8 Å². The van der Waals surface area contributed by atoms with E-state index in [-0.39, 0.29) is 12.5 Å². The highest BCUT2D eigenvalue weighted by atomic mass is 32.2. The summed E-state index contributed by atoms with van der Waals surface area (Å²) in [6.07, 6.45) is 1.38. The molecular formula is C13H20N2O3S2. The van der Waals surface area contributed by atoms with Crippen molar-refractivity contribution in [1.82, 2.24) is 10.3 Å². The van der Waals surface area contributed by atoms with Gasteiger partial charge in [-0.2, -0.15) is 0 Å². The number of aryl methyl sites for hydroxylation is 1. The van der Waals surface area contributed by atoms with Gasteiger partial charge in [0, 0.05) is 17.7 Å². The molecule has 20 heavy (non-hydrogen) atoms. The first-order valence-electron chi connectivity index (χ1n) is 6.51. The zero-order chi connectivity index (χ0) is 15.0. The number of amides is 1. The van der Waals surface area contributed by atoms with Crippen LogP contribution in [-0.2, 0) is 15.3 Å². The topological polar surface area (TPSA) is 79.3 Å². The van der Waals surface area contributed by atoms with E-state index >= 15 is 0 Å². The number of aromatic nitrogens is 1. The van der Waals surface area contributed by atoms with Crippen molar-refractivity contribution in [2.75, 3.05) is 12.3 Å². The van der Waals surface area contributed by atoms with Gasteiger partial charge in [-0.15, -0.1) is 23.1 Å². The maximum Gasteiger partial charge on any atom is 0.308 e. The highest BCUT2D eigenvalue weighted by Crippen LogP contribution is 2.14. The largest absolute Gasteiger partial charge is 0.481 e. The molecule has 112 valence electrons. The van der Waals surface area contributed by atoms with Gasteiger partial charge in [-0.1, -0.05) is 13.3 Å². The van der Waals surface area contributed by atoms with E-state index in [4.69, 9.17) is 5.11 Å². The lowest BCUT2D eigenvalue weighted by molar-refractivity contribution is -0.141. The Kier molecular flexibility index (Phi) is 7.61. The first kappa shape index (κ1) is 17.0. The van der Waals surface area contributed by atoms with Crippen LogP contribution in [0.3, 0.4) is 0 Å². The number of nitrogens with one attached hydrogen (secondary N) is 1. The number of carbonyl (C=O) groups excluding carboxylic acids is 1. The SMILES string of the molecule is CCCC(CNC(=O)CSCc1csc(C)n1)C(=O)O. The van der Waals surface area contributed by atoms with Crippen molar-refractivity contribution in [2.24, 2.45) is 5.92 Å². The lowest BCUT2D eigenvalue weighted by Crippen LogP contribution is -2.33. The smallest absolute Gasteiger partial charge is 0.308 e. The molecule has 1 aromatic rings. The van der Waals surface area contributed by atoms with Gasteiger partial charge in [-0.05, 0) is 13.3 Å². The molecule has 0 saturated heterocycles. The number of thioether (sulfide) groups is 1. The Balaban J connectivity index is 2.21. The van der Waals surface area contributed by atoms with E-state index < -0.39 is 11.9 Å². The van der Waals surface area contributed by atoms with Crippen molar-refractivity contribution in [3.8, 4) is 0 Å². The highest BCUT2D eigenvalue weighted by molar-refractivity contribution is 7.99. The van der Waals surface area contributed by atoms with Crippen molar-refractivity contribution in [3.05, 3.63) is 16.1 Å². The predicted molar refractivity (Wildman–Crippen MR) is 82.1 cm³/mol. The number of hydrogen-bond donors (Lipinski definition) is 2. The van der Waals surface area contributed by atoms with Crippen molar-refractivity contribution >= 4 is 35.0 Å². The molecule has 7 heteroatoms. The summed E-state index contributed by atoms with van der Waals surface area (Å²) >= 11 is 3.08. The van der Waals surface area contributed by atoms with Crippen LogP contribution in [0.15, 0.2) is 5.38 Å². The zero-order valence-electron chi connectivity index (χ0n) is 11.7. The molecule has 0 radical (unpaired) electrons. The minimum Gasteiger partial charge on any atom is -0.481 e. The lowest BCUT2D eigenvalue weighted by atomic mass is 10.0. The number of carbonyl (C=O) groups is 2. The number of carboxylic acid groups (broad SMARTS) is 1. The van der Waals surface area contributed by atoms with Crippen LogP contribution in [0.4, 0.5) is 0 Å².